The molecule has 0 unspecified atom stereocenters. The number of ether oxygens (including phenoxy) is 1. The maximum atomic E-state index is 11.3. The molecule has 0 atom stereocenters. The second-order valence-corrected chi connectivity index (χ2v) is 4.77. The van der Waals surface area contributed by atoms with Crippen LogP contribution >= 0.6 is 27.3 Å². The molecule has 1 aromatic rings. The molecule has 0 radical (unpaired) electrons. The molecule has 0 spiro atoms. The highest BCUT2D eigenvalue weighted by Gasteiger charge is 2.04. The summed E-state index contributed by atoms with van der Waals surface area (Å²) in [6.45, 7) is 3.65. The summed E-state index contributed by atoms with van der Waals surface area (Å²) in [5, 5.41) is 4.84. The second kappa shape index (κ2) is 6.98. The van der Waals surface area contributed by atoms with Gasteiger partial charge in [0.25, 0.3) is 0 Å². The average molecular weight is 292 g/mol. The third-order valence-electron chi connectivity index (χ3n) is 1.81. The summed E-state index contributed by atoms with van der Waals surface area (Å²) < 4.78 is 6.15. The minimum absolute atomic E-state index is 0.0313. The molecule has 3 nitrogen and oxygen atoms in total. The number of carbonyl (C=O) groups is 1. The topological polar surface area (TPSA) is 38.3 Å². The highest BCUT2D eigenvalue weighted by Crippen LogP contribution is 2.21. The number of thiophene rings is 1. The molecule has 0 aliphatic carbocycles. The molecule has 1 heterocycles. The summed E-state index contributed by atoms with van der Waals surface area (Å²) >= 11 is 5.04. The zero-order chi connectivity index (χ0) is 11.1. The Hall–Kier alpha value is -0.390. The number of hydrogen-bond acceptors (Lipinski definition) is 3. The first-order valence-electron chi connectivity index (χ1n) is 4.80. The van der Waals surface area contributed by atoms with Crippen LogP contribution in [-0.4, -0.2) is 19.1 Å². The predicted molar refractivity (Wildman–Crippen MR) is 65.0 cm³/mol. The van der Waals surface area contributed by atoms with Crippen LogP contribution in [0.15, 0.2) is 15.9 Å². The summed E-state index contributed by atoms with van der Waals surface area (Å²) in [6, 6.07) is 1.98. The van der Waals surface area contributed by atoms with E-state index in [1.54, 1.807) is 11.3 Å². The maximum Gasteiger partial charge on any atom is 0.222 e. The summed E-state index contributed by atoms with van der Waals surface area (Å²) in [4.78, 5) is 12.5. The van der Waals surface area contributed by atoms with Crippen LogP contribution in [0.4, 0.5) is 0 Å². The Morgan fingerprint density at radius 2 is 2.47 bits per heavy atom. The van der Waals surface area contributed by atoms with Crippen molar-refractivity contribution in [3.05, 3.63) is 20.8 Å². The number of halogens is 1. The Balaban J connectivity index is 2.20. The molecule has 1 rings (SSSR count). The van der Waals surface area contributed by atoms with Crippen molar-refractivity contribution in [3.8, 4) is 0 Å². The molecular weight excluding hydrogens is 278 g/mol. The summed E-state index contributed by atoms with van der Waals surface area (Å²) in [5.74, 6) is 0.0313. The quantitative estimate of drug-likeness (QED) is 0.818. The van der Waals surface area contributed by atoms with Crippen molar-refractivity contribution >= 4 is 33.2 Å². The standard InChI is InChI=1S/C10H14BrNO2S/c1-2-14-5-3-10(13)12-7-9-8(11)4-6-15-9/h4,6H,2-3,5,7H2,1H3,(H,12,13). The van der Waals surface area contributed by atoms with E-state index in [1.165, 1.54) is 0 Å². The van der Waals surface area contributed by atoms with Gasteiger partial charge in [-0.2, -0.15) is 0 Å². The number of nitrogens with one attached hydrogen (secondary N) is 1. The van der Waals surface area contributed by atoms with Gasteiger partial charge in [-0.1, -0.05) is 0 Å². The molecule has 1 amide bonds. The highest BCUT2D eigenvalue weighted by molar-refractivity contribution is 9.10. The Morgan fingerprint density at radius 3 is 3.07 bits per heavy atom. The number of rotatable bonds is 6. The van der Waals surface area contributed by atoms with Crippen LogP contribution in [0.3, 0.4) is 0 Å². The fourth-order valence-electron chi connectivity index (χ4n) is 1.03. The van der Waals surface area contributed by atoms with Crippen molar-refractivity contribution in [2.45, 2.75) is 19.9 Å². The van der Waals surface area contributed by atoms with Crippen LogP contribution in [0.2, 0.25) is 0 Å². The van der Waals surface area contributed by atoms with E-state index in [4.69, 9.17) is 4.74 Å². The van der Waals surface area contributed by atoms with Gasteiger partial charge >= 0.3 is 0 Å². The van der Waals surface area contributed by atoms with E-state index in [1.807, 2.05) is 18.4 Å². The molecule has 0 saturated carbocycles. The summed E-state index contributed by atoms with van der Waals surface area (Å²) in [6.07, 6.45) is 0.427. The zero-order valence-corrected chi connectivity index (χ0v) is 11.0. The van der Waals surface area contributed by atoms with E-state index >= 15 is 0 Å². The van der Waals surface area contributed by atoms with Crippen molar-refractivity contribution in [3.63, 3.8) is 0 Å². The highest BCUT2D eigenvalue weighted by atomic mass is 79.9. The first kappa shape index (κ1) is 12.7. The van der Waals surface area contributed by atoms with Crippen LogP contribution in [0.1, 0.15) is 18.2 Å². The van der Waals surface area contributed by atoms with Gasteiger partial charge in [0.1, 0.15) is 0 Å². The first-order chi connectivity index (χ1) is 7.24. The number of carbonyl (C=O) groups excluding carboxylic acids is 1. The van der Waals surface area contributed by atoms with Gasteiger partial charge in [0.2, 0.25) is 5.91 Å². The molecule has 0 aromatic carbocycles. The van der Waals surface area contributed by atoms with Crippen molar-refractivity contribution in [2.24, 2.45) is 0 Å². The molecule has 84 valence electrons. The lowest BCUT2D eigenvalue weighted by Gasteiger charge is -2.04. The Labute approximate surface area is 102 Å². The molecule has 1 N–H and O–H groups in total. The minimum atomic E-state index is 0.0313. The molecule has 1 aromatic heterocycles. The number of amides is 1. The molecule has 0 fully saturated rings. The van der Waals surface area contributed by atoms with Gasteiger partial charge < -0.3 is 10.1 Å². The van der Waals surface area contributed by atoms with Crippen LogP contribution in [-0.2, 0) is 16.1 Å². The largest absolute Gasteiger partial charge is 0.381 e. The smallest absolute Gasteiger partial charge is 0.222 e. The van der Waals surface area contributed by atoms with Gasteiger partial charge in [0.05, 0.1) is 13.2 Å². The average Bonchev–Trinajstić information content (AvgIpc) is 2.61. The lowest BCUT2D eigenvalue weighted by Crippen LogP contribution is -2.23. The van der Waals surface area contributed by atoms with Crippen molar-refractivity contribution in [1.29, 1.82) is 0 Å². The third-order valence-corrected chi connectivity index (χ3v) is 3.74. The summed E-state index contributed by atoms with van der Waals surface area (Å²) in [7, 11) is 0. The monoisotopic (exact) mass is 291 g/mol. The summed E-state index contributed by atoms with van der Waals surface area (Å²) in [5.41, 5.74) is 0. The lowest BCUT2D eigenvalue weighted by molar-refractivity contribution is -0.122. The van der Waals surface area contributed by atoms with E-state index in [2.05, 4.69) is 21.2 Å². The molecule has 0 aliphatic heterocycles. The van der Waals surface area contributed by atoms with Crippen LogP contribution < -0.4 is 5.32 Å². The van der Waals surface area contributed by atoms with E-state index in [-0.39, 0.29) is 5.91 Å². The normalized spacial score (nSPS) is 10.3. The second-order valence-electron chi connectivity index (χ2n) is 2.92. The molecule has 0 saturated heterocycles. The van der Waals surface area contributed by atoms with Crippen molar-refractivity contribution in [1.82, 2.24) is 5.32 Å². The van der Waals surface area contributed by atoms with Gasteiger partial charge in [-0.25, -0.2) is 0 Å². The van der Waals surface area contributed by atoms with Crippen LogP contribution in [0.25, 0.3) is 0 Å². The van der Waals surface area contributed by atoms with E-state index < -0.39 is 0 Å². The fourth-order valence-corrected chi connectivity index (χ4v) is 2.46. The molecule has 0 bridgehead atoms. The lowest BCUT2D eigenvalue weighted by atomic mass is 10.4. The molecule has 5 heteroatoms. The number of hydrogen-bond donors (Lipinski definition) is 1. The maximum absolute atomic E-state index is 11.3. The van der Waals surface area contributed by atoms with Crippen molar-refractivity contribution in [2.75, 3.05) is 13.2 Å². The van der Waals surface area contributed by atoms with Gasteiger partial charge in [-0.15, -0.1) is 11.3 Å². The zero-order valence-electron chi connectivity index (χ0n) is 8.59. The Kier molecular flexibility index (Phi) is 5.90. The van der Waals surface area contributed by atoms with Crippen LogP contribution in [0, 0.1) is 0 Å². The van der Waals surface area contributed by atoms with Crippen LogP contribution in [0.5, 0.6) is 0 Å². The predicted octanol–water partition coefficient (Wildman–Crippen LogP) is 2.55. The fraction of sp³-hybridized carbons (Fsp3) is 0.500. The SMILES string of the molecule is CCOCCC(=O)NCc1sccc1Br. The minimum Gasteiger partial charge on any atom is -0.381 e. The van der Waals surface area contributed by atoms with Gasteiger partial charge in [0.15, 0.2) is 0 Å². The van der Waals surface area contributed by atoms with E-state index in [0.29, 0.717) is 26.2 Å². The third kappa shape index (κ3) is 4.77. The molecule has 15 heavy (non-hydrogen) atoms. The molecular formula is C10H14BrNO2S. The Morgan fingerprint density at radius 1 is 1.67 bits per heavy atom. The first-order valence-corrected chi connectivity index (χ1v) is 6.47. The van der Waals surface area contributed by atoms with E-state index in [9.17, 15) is 4.79 Å². The van der Waals surface area contributed by atoms with Gasteiger partial charge in [-0.3, -0.25) is 4.79 Å². The van der Waals surface area contributed by atoms with Gasteiger partial charge in [0, 0.05) is 22.4 Å². The Bertz CT molecular complexity index is 314. The molecule has 0 aliphatic rings. The van der Waals surface area contributed by atoms with Crippen molar-refractivity contribution < 1.29 is 9.53 Å². The van der Waals surface area contributed by atoms with Gasteiger partial charge in [-0.05, 0) is 34.3 Å². The van der Waals surface area contributed by atoms with E-state index in [0.717, 1.165) is 9.35 Å².